The van der Waals surface area contributed by atoms with Crippen LogP contribution in [0.15, 0.2) is 48.5 Å². The molecule has 0 fully saturated rings. The summed E-state index contributed by atoms with van der Waals surface area (Å²) in [7, 11) is 3.25. The molecule has 230 valence electrons. The monoisotopic (exact) mass is 582 g/mol. The number of unbranched alkanes of at least 4 members (excludes halogenated alkanes) is 5. The zero-order valence-electron chi connectivity index (χ0n) is 25.0. The van der Waals surface area contributed by atoms with Gasteiger partial charge in [0.05, 0.1) is 0 Å². The lowest BCUT2D eigenvalue weighted by atomic mass is 10.1. The van der Waals surface area contributed by atoms with Gasteiger partial charge in [-0.3, -0.25) is 19.2 Å². The van der Waals surface area contributed by atoms with Crippen molar-refractivity contribution in [1.82, 2.24) is 10.6 Å². The maximum atomic E-state index is 12.2. The molecule has 4 N–H and O–H groups in total. The Hall–Kier alpha value is -3.76. The van der Waals surface area contributed by atoms with Crippen LogP contribution in [0, 0.1) is 0 Å². The summed E-state index contributed by atoms with van der Waals surface area (Å²) in [6, 6.07) is 13.7. The highest BCUT2D eigenvalue weighted by Crippen LogP contribution is 2.14. The van der Waals surface area contributed by atoms with Crippen LogP contribution in [0.25, 0.3) is 0 Å². The van der Waals surface area contributed by atoms with Gasteiger partial charge in [0.2, 0.25) is 11.8 Å². The molecule has 42 heavy (non-hydrogen) atoms. The van der Waals surface area contributed by atoms with E-state index < -0.39 is 0 Å². The number of hydrogen-bond acceptors (Lipinski definition) is 6. The fourth-order valence-electron chi connectivity index (χ4n) is 4.18. The molecule has 0 atom stereocenters. The largest absolute Gasteiger partial charge is 0.385 e. The number of amides is 4. The first-order valence-electron chi connectivity index (χ1n) is 14.8. The molecule has 0 heterocycles. The Kier molecular flexibility index (Phi) is 17.2. The van der Waals surface area contributed by atoms with Crippen molar-refractivity contribution in [3.63, 3.8) is 0 Å². The van der Waals surface area contributed by atoms with E-state index in [4.69, 9.17) is 9.47 Å². The minimum Gasteiger partial charge on any atom is -0.385 e. The molecule has 0 aliphatic rings. The highest BCUT2D eigenvalue weighted by atomic mass is 16.5. The smallest absolute Gasteiger partial charge is 0.251 e. The SMILES string of the molecule is COCCCNC(=O)c1ccc(NC(=O)CCCCCCCCC(=O)Nc2ccc(C(=O)NCCCOC)cc2)cc1. The number of ether oxygens (including phenoxy) is 2. The van der Waals surface area contributed by atoms with Crippen LogP contribution < -0.4 is 21.3 Å². The van der Waals surface area contributed by atoms with E-state index in [1.54, 1.807) is 62.8 Å². The Morgan fingerprint density at radius 2 is 0.881 bits per heavy atom. The Morgan fingerprint density at radius 3 is 1.24 bits per heavy atom. The molecule has 0 bridgehead atoms. The maximum absolute atomic E-state index is 12.2. The average Bonchev–Trinajstić information content (AvgIpc) is 2.99. The molecule has 2 aromatic rings. The quantitative estimate of drug-likeness (QED) is 0.154. The summed E-state index contributed by atoms with van der Waals surface area (Å²) in [5, 5.41) is 11.4. The maximum Gasteiger partial charge on any atom is 0.251 e. The van der Waals surface area contributed by atoms with Gasteiger partial charge < -0.3 is 30.7 Å². The van der Waals surface area contributed by atoms with Crippen molar-refractivity contribution >= 4 is 35.0 Å². The van der Waals surface area contributed by atoms with Crippen LogP contribution in [0.5, 0.6) is 0 Å². The normalized spacial score (nSPS) is 10.6. The minimum absolute atomic E-state index is 0.0424. The van der Waals surface area contributed by atoms with E-state index in [0.717, 1.165) is 51.4 Å². The van der Waals surface area contributed by atoms with Gasteiger partial charge in [-0.1, -0.05) is 25.7 Å². The first-order chi connectivity index (χ1) is 20.4. The van der Waals surface area contributed by atoms with Crippen molar-refractivity contribution in [3.05, 3.63) is 59.7 Å². The third kappa shape index (κ3) is 14.7. The zero-order chi connectivity index (χ0) is 30.4. The van der Waals surface area contributed by atoms with Gasteiger partial charge in [0.25, 0.3) is 11.8 Å². The standard InChI is InChI=1S/C32H46N4O6/c1-41-23-9-21-33-31(39)25-13-17-27(18-14-25)35-29(37)11-7-5-3-4-6-8-12-30(38)36-28-19-15-26(16-20-28)32(40)34-22-10-24-42-2/h13-20H,3-12,21-24H2,1-2H3,(H,33,39)(H,34,40)(H,35,37)(H,36,38). The highest BCUT2D eigenvalue weighted by molar-refractivity contribution is 5.96. The van der Waals surface area contributed by atoms with Crippen LogP contribution in [0.2, 0.25) is 0 Å². The number of nitrogens with one attached hydrogen (secondary N) is 4. The van der Waals surface area contributed by atoms with Crippen molar-refractivity contribution < 1.29 is 28.7 Å². The summed E-state index contributed by atoms with van der Waals surface area (Å²) in [5.74, 6) is -0.378. The molecular weight excluding hydrogens is 536 g/mol. The van der Waals surface area contributed by atoms with E-state index in [2.05, 4.69) is 21.3 Å². The highest BCUT2D eigenvalue weighted by Gasteiger charge is 2.08. The Labute approximate surface area is 249 Å². The molecule has 2 rings (SSSR count). The van der Waals surface area contributed by atoms with Crippen LogP contribution in [-0.2, 0) is 19.1 Å². The molecular formula is C32H46N4O6. The molecule has 10 nitrogen and oxygen atoms in total. The zero-order valence-corrected chi connectivity index (χ0v) is 25.0. The van der Waals surface area contributed by atoms with Gasteiger partial charge in [-0.2, -0.15) is 0 Å². The molecule has 0 unspecified atom stereocenters. The average molecular weight is 583 g/mol. The van der Waals surface area contributed by atoms with Gasteiger partial charge >= 0.3 is 0 Å². The van der Waals surface area contributed by atoms with Crippen LogP contribution >= 0.6 is 0 Å². The first kappa shape index (κ1) is 34.4. The first-order valence-corrected chi connectivity index (χ1v) is 14.8. The van der Waals surface area contributed by atoms with Crippen molar-refractivity contribution in [1.29, 1.82) is 0 Å². The van der Waals surface area contributed by atoms with Gasteiger partial charge in [0, 0.05) is 75.9 Å². The second-order valence-electron chi connectivity index (χ2n) is 10.1. The summed E-state index contributed by atoms with van der Waals surface area (Å²) in [6.45, 7) is 2.30. The van der Waals surface area contributed by atoms with Crippen molar-refractivity contribution in [2.75, 3.05) is 51.2 Å². The molecule has 0 radical (unpaired) electrons. The van der Waals surface area contributed by atoms with Crippen molar-refractivity contribution in [2.24, 2.45) is 0 Å². The molecule has 10 heteroatoms. The number of carbonyl (C=O) groups excluding carboxylic acids is 4. The predicted molar refractivity (Wildman–Crippen MR) is 165 cm³/mol. The number of hydrogen-bond donors (Lipinski definition) is 4. The Bertz CT molecular complexity index is 1000. The van der Waals surface area contributed by atoms with Crippen LogP contribution in [0.1, 0.15) is 84.9 Å². The summed E-state index contributed by atoms with van der Waals surface area (Å²) in [4.78, 5) is 48.7. The van der Waals surface area contributed by atoms with Crippen LogP contribution in [0.4, 0.5) is 11.4 Å². The second-order valence-corrected chi connectivity index (χ2v) is 10.1. The molecule has 0 saturated carbocycles. The molecule has 0 spiro atoms. The van der Waals surface area contributed by atoms with Gasteiger partial charge in [0.15, 0.2) is 0 Å². The summed E-state index contributed by atoms with van der Waals surface area (Å²) in [5.41, 5.74) is 2.44. The van der Waals surface area contributed by atoms with E-state index in [0.29, 0.717) is 61.6 Å². The Morgan fingerprint density at radius 1 is 0.524 bits per heavy atom. The third-order valence-corrected chi connectivity index (χ3v) is 6.54. The van der Waals surface area contributed by atoms with Gasteiger partial charge in [0.1, 0.15) is 0 Å². The van der Waals surface area contributed by atoms with Gasteiger partial charge in [-0.05, 0) is 74.2 Å². The van der Waals surface area contributed by atoms with E-state index in [-0.39, 0.29) is 23.6 Å². The van der Waals surface area contributed by atoms with Gasteiger partial charge in [-0.25, -0.2) is 0 Å². The van der Waals surface area contributed by atoms with Crippen molar-refractivity contribution in [3.8, 4) is 0 Å². The summed E-state index contributed by atoms with van der Waals surface area (Å²) in [6.07, 6.45) is 7.93. The topological polar surface area (TPSA) is 135 Å². The number of benzene rings is 2. The van der Waals surface area contributed by atoms with Gasteiger partial charge in [-0.15, -0.1) is 0 Å². The summed E-state index contributed by atoms with van der Waals surface area (Å²) >= 11 is 0. The minimum atomic E-state index is -0.147. The molecule has 4 amide bonds. The number of methoxy groups -OCH3 is 2. The van der Waals surface area contributed by atoms with E-state index in [1.165, 1.54) is 0 Å². The molecule has 0 saturated heterocycles. The fraction of sp³-hybridized carbons (Fsp3) is 0.500. The lowest BCUT2D eigenvalue weighted by Gasteiger charge is -2.08. The van der Waals surface area contributed by atoms with E-state index >= 15 is 0 Å². The number of carbonyl (C=O) groups is 4. The fourth-order valence-corrected chi connectivity index (χ4v) is 4.18. The lowest BCUT2D eigenvalue weighted by Crippen LogP contribution is -2.25. The van der Waals surface area contributed by atoms with E-state index in [1.807, 2.05) is 0 Å². The predicted octanol–water partition coefficient (Wildman–Crippen LogP) is 4.92. The van der Waals surface area contributed by atoms with E-state index in [9.17, 15) is 19.2 Å². The van der Waals surface area contributed by atoms with Crippen LogP contribution in [-0.4, -0.2) is 64.2 Å². The molecule has 0 aliphatic heterocycles. The third-order valence-electron chi connectivity index (χ3n) is 6.54. The Balaban J connectivity index is 1.50. The van der Waals surface area contributed by atoms with Crippen molar-refractivity contribution in [2.45, 2.75) is 64.2 Å². The number of anilines is 2. The number of rotatable bonds is 21. The molecule has 0 aromatic heterocycles. The molecule has 2 aromatic carbocycles. The second kappa shape index (κ2) is 21.0. The summed E-state index contributed by atoms with van der Waals surface area (Å²) < 4.78 is 9.93. The molecule has 0 aliphatic carbocycles. The lowest BCUT2D eigenvalue weighted by molar-refractivity contribution is -0.117. The van der Waals surface area contributed by atoms with Crippen LogP contribution in [0.3, 0.4) is 0 Å².